The van der Waals surface area contributed by atoms with E-state index in [0.717, 1.165) is 47.7 Å². The second-order valence-corrected chi connectivity index (χ2v) is 9.25. The van der Waals surface area contributed by atoms with Crippen molar-refractivity contribution in [3.05, 3.63) is 59.2 Å². The Hall–Kier alpha value is -2.80. The highest BCUT2D eigenvalue weighted by atomic mass is 32.2. The molecule has 6 nitrogen and oxygen atoms in total. The number of carbonyl (C=O) groups is 1. The Morgan fingerprint density at radius 1 is 1.28 bits per heavy atom. The highest BCUT2D eigenvalue weighted by Crippen LogP contribution is 2.35. The number of carbonyl (C=O) groups excluding carboxylic acids is 1. The van der Waals surface area contributed by atoms with Crippen LogP contribution < -0.4 is 15.1 Å². The van der Waals surface area contributed by atoms with Crippen molar-refractivity contribution in [1.29, 1.82) is 5.41 Å². The van der Waals surface area contributed by atoms with Crippen LogP contribution >= 0.6 is 11.8 Å². The van der Waals surface area contributed by atoms with E-state index in [1.54, 1.807) is 7.11 Å². The average molecular weight is 409 g/mol. The van der Waals surface area contributed by atoms with Gasteiger partial charge in [-0.3, -0.25) is 10.2 Å². The van der Waals surface area contributed by atoms with Gasteiger partial charge in [-0.2, -0.15) is 5.10 Å². The van der Waals surface area contributed by atoms with Crippen molar-refractivity contribution >= 4 is 34.2 Å². The van der Waals surface area contributed by atoms with Gasteiger partial charge in [0.05, 0.1) is 17.6 Å². The Kier molecular flexibility index (Phi) is 5.08. The lowest BCUT2D eigenvalue weighted by Crippen LogP contribution is -2.39. The molecular weight excluding hydrogens is 384 g/mol. The molecule has 2 aliphatic heterocycles. The Morgan fingerprint density at radius 3 is 2.86 bits per heavy atom. The Bertz CT molecular complexity index is 1020. The quantitative estimate of drug-likeness (QED) is 0.582. The van der Waals surface area contributed by atoms with E-state index in [2.05, 4.69) is 27.6 Å². The number of thioether (sulfide) groups is 1. The molecule has 0 bridgehead atoms. The molecule has 0 spiro atoms. The lowest BCUT2D eigenvalue weighted by molar-refractivity contribution is 0.260. The van der Waals surface area contributed by atoms with E-state index in [4.69, 9.17) is 10.1 Å². The van der Waals surface area contributed by atoms with Crippen molar-refractivity contribution in [3.63, 3.8) is 0 Å². The van der Waals surface area contributed by atoms with Crippen LogP contribution in [0.4, 0.5) is 10.5 Å². The normalized spacial score (nSPS) is 17.8. The molecule has 0 saturated heterocycles. The second-order valence-electron chi connectivity index (χ2n) is 7.65. The molecule has 2 aromatic carbocycles. The van der Waals surface area contributed by atoms with E-state index in [0.29, 0.717) is 5.84 Å². The van der Waals surface area contributed by atoms with Gasteiger partial charge >= 0.3 is 0 Å². The zero-order chi connectivity index (χ0) is 20.6. The van der Waals surface area contributed by atoms with Crippen molar-refractivity contribution in [2.24, 2.45) is 5.10 Å². The van der Waals surface area contributed by atoms with Gasteiger partial charge in [-0.15, -0.1) is 0 Å². The first-order valence-electron chi connectivity index (χ1n) is 9.60. The van der Waals surface area contributed by atoms with Gasteiger partial charge in [-0.1, -0.05) is 30.0 Å². The summed E-state index contributed by atoms with van der Waals surface area (Å²) in [6.45, 7) is 4.83. The molecule has 0 radical (unpaired) electrons. The van der Waals surface area contributed by atoms with Gasteiger partial charge in [0.15, 0.2) is 0 Å². The third kappa shape index (κ3) is 3.74. The van der Waals surface area contributed by atoms with Crippen LogP contribution in [0.25, 0.3) is 0 Å². The minimum atomic E-state index is -0.391. The van der Waals surface area contributed by atoms with Crippen LogP contribution in [-0.4, -0.2) is 35.2 Å². The summed E-state index contributed by atoms with van der Waals surface area (Å²) in [6.07, 6.45) is 1.93. The Balaban J connectivity index is 1.67. The lowest BCUT2D eigenvalue weighted by atomic mass is 9.93. The first kappa shape index (κ1) is 19.5. The molecule has 0 fully saturated rings. The summed E-state index contributed by atoms with van der Waals surface area (Å²) in [5, 5.41) is 13.0. The van der Waals surface area contributed by atoms with Gasteiger partial charge in [0.2, 0.25) is 0 Å². The van der Waals surface area contributed by atoms with E-state index < -0.39 is 4.75 Å². The SMILES string of the molecule is COc1cccc(C(=N)N2CCCc3cc(C4=NNC(=O)SC4(C)C)ccc32)c1. The van der Waals surface area contributed by atoms with E-state index >= 15 is 0 Å². The summed E-state index contributed by atoms with van der Waals surface area (Å²) in [5.41, 5.74) is 7.54. The third-order valence-electron chi connectivity index (χ3n) is 5.26. The number of nitrogens with one attached hydrogen (secondary N) is 2. The predicted octanol–water partition coefficient (Wildman–Crippen LogP) is 4.41. The number of hydrogen-bond donors (Lipinski definition) is 2. The number of amidine groups is 1. The fraction of sp³-hybridized carbons (Fsp3) is 0.318. The fourth-order valence-corrected chi connectivity index (χ4v) is 4.67. The minimum Gasteiger partial charge on any atom is -0.497 e. The van der Waals surface area contributed by atoms with E-state index in [1.165, 1.54) is 17.3 Å². The molecule has 150 valence electrons. The number of anilines is 1. The van der Waals surface area contributed by atoms with Gasteiger partial charge < -0.3 is 9.64 Å². The first-order valence-corrected chi connectivity index (χ1v) is 10.4. The maximum Gasteiger partial charge on any atom is 0.300 e. The monoisotopic (exact) mass is 408 g/mol. The van der Waals surface area contributed by atoms with E-state index in [9.17, 15) is 4.79 Å². The molecule has 29 heavy (non-hydrogen) atoms. The third-order valence-corrected chi connectivity index (χ3v) is 6.24. The summed E-state index contributed by atoms with van der Waals surface area (Å²) < 4.78 is 4.92. The minimum absolute atomic E-state index is 0.130. The van der Waals surface area contributed by atoms with Crippen LogP contribution in [0.1, 0.15) is 37.0 Å². The zero-order valence-electron chi connectivity index (χ0n) is 16.8. The van der Waals surface area contributed by atoms with Gasteiger partial charge in [-0.05, 0) is 62.1 Å². The van der Waals surface area contributed by atoms with Crippen LogP contribution in [0.15, 0.2) is 47.6 Å². The molecule has 0 atom stereocenters. The molecule has 2 N–H and O–H groups in total. The van der Waals surface area contributed by atoms with E-state index in [1.807, 2.05) is 44.2 Å². The van der Waals surface area contributed by atoms with Crippen LogP contribution in [0.5, 0.6) is 5.75 Å². The molecule has 0 unspecified atom stereocenters. The molecule has 7 heteroatoms. The number of nitrogens with zero attached hydrogens (tertiary/aromatic N) is 2. The number of aryl methyl sites for hydroxylation is 1. The maximum atomic E-state index is 11.7. The smallest absolute Gasteiger partial charge is 0.300 e. The van der Waals surface area contributed by atoms with Crippen molar-refractivity contribution in [2.45, 2.75) is 31.4 Å². The highest BCUT2D eigenvalue weighted by Gasteiger charge is 2.34. The summed E-state index contributed by atoms with van der Waals surface area (Å²) >= 11 is 1.25. The van der Waals surface area contributed by atoms with Crippen LogP contribution in [0.3, 0.4) is 0 Å². The number of methoxy groups -OCH3 is 1. The number of rotatable bonds is 3. The van der Waals surface area contributed by atoms with Crippen molar-refractivity contribution in [1.82, 2.24) is 5.43 Å². The fourth-order valence-electron chi connectivity index (χ4n) is 3.85. The molecule has 2 aromatic rings. The number of hydrogen-bond acceptors (Lipinski definition) is 5. The Labute approximate surface area is 174 Å². The molecule has 0 saturated carbocycles. The predicted molar refractivity (Wildman–Crippen MR) is 119 cm³/mol. The maximum absolute atomic E-state index is 11.7. The standard InChI is InChI=1S/C22H24N4O2S/c1-22(2)19(24-25-21(27)29-22)15-9-10-18-14(12-15)7-5-11-26(18)20(23)16-6-4-8-17(13-16)28-3/h4,6,8-10,12-13,23H,5,7,11H2,1-3H3,(H,25,27). The van der Waals surface area contributed by atoms with Crippen LogP contribution in [-0.2, 0) is 6.42 Å². The molecular formula is C22H24N4O2S. The molecule has 1 amide bonds. The lowest BCUT2D eigenvalue weighted by Gasteiger charge is -2.33. The summed E-state index contributed by atoms with van der Waals surface area (Å²) in [6, 6.07) is 13.9. The Morgan fingerprint density at radius 2 is 2.10 bits per heavy atom. The van der Waals surface area contributed by atoms with Crippen molar-refractivity contribution in [3.8, 4) is 5.75 Å². The number of ether oxygens (including phenoxy) is 1. The first-order chi connectivity index (χ1) is 13.9. The number of hydrazone groups is 1. The number of amides is 1. The van der Waals surface area contributed by atoms with Gasteiger partial charge in [0.1, 0.15) is 11.6 Å². The molecule has 2 heterocycles. The number of fused-ring (bicyclic) bond motifs is 1. The number of benzene rings is 2. The van der Waals surface area contributed by atoms with Crippen LogP contribution in [0, 0.1) is 5.41 Å². The summed E-state index contributed by atoms with van der Waals surface area (Å²) in [7, 11) is 1.64. The van der Waals surface area contributed by atoms with Crippen molar-refractivity contribution < 1.29 is 9.53 Å². The highest BCUT2D eigenvalue weighted by molar-refractivity contribution is 8.15. The van der Waals surface area contributed by atoms with Gasteiger partial charge in [0.25, 0.3) is 5.24 Å². The summed E-state index contributed by atoms with van der Waals surface area (Å²) in [5.74, 6) is 1.22. The molecule has 2 aliphatic rings. The summed E-state index contributed by atoms with van der Waals surface area (Å²) in [4.78, 5) is 13.7. The second kappa shape index (κ2) is 7.55. The topological polar surface area (TPSA) is 77.8 Å². The van der Waals surface area contributed by atoms with Crippen LogP contribution in [0.2, 0.25) is 0 Å². The zero-order valence-corrected chi connectivity index (χ0v) is 17.6. The van der Waals surface area contributed by atoms with Crippen molar-refractivity contribution in [2.75, 3.05) is 18.6 Å². The average Bonchev–Trinajstić information content (AvgIpc) is 2.71. The van der Waals surface area contributed by atoms with E-state index in [-0.39, 0.29) is 5.24 Å². The largest absolute Gasteiger partial charge is 0.497 e. The van der Waals surface area contributed by atoms with Gasteiger partial charge in [0, 0.05) is 17.8 Å². The molecule has 0 aromatic heterocycles. The molecule has 4 rings (SSSR count). The van der Waals surface area contributed by atoms with Gasteiger partial charge in [-0.25, -0.2) is 5.43 Å². The molecule has 0 aliphatic carbocycles.